The first kappa shape index (κ1) is 13.8. The standard InChI is InChI=1S/C14H22BrN3/c1-11-9-12(3-4-14(11)15)16-6-5-13-10-18(2)8-7-17-13/h3-4,9,13,16-17H,5-8,10H2,1-2H3. The number of aryl methyl sites for hydroxylation is 1. The average molecular weight is 312 g/mol. The zero-order chi connectivity index (χ0) is 13.0. The minimum absolute atomic E-state index is 0.618. The molecule has 1 unspecified atom stereocenters. The molecule has 18 heavy (non-hydrogen) atoms. The van der Waals surface area contributed by atoms with E-state index in [1.54, 1.807) is 0 Å². The van der Waals surface area contributed by atoms with Gasteiger partial charge in [0.2, 0.25) is 0 Å². The Balaban J connectivity index is 1.76. The third-order valence-corrected chi connectivity index (χ3v) is 4.33. The molecule has 3 nitrogen and oxygen atoms in total. The molecule has 0 bridgehead atoms. The van der Waals surface area contributed by atoms with Crippen LogP contribution >= 0.6 is 15.9 Å². The summed E-state index contributed by atoms with van der Waals surface area (Å²) in [6.45, 7) is 6.56. The smallest absolute Gasteiger partial charge is 0.0343 e. The Hall–Kier alpha value is -0.580. The molecule has 0 amide bonds. The highest BCUT2D eigenvalue weighted by atomic mass is 79.9. The molecular formula is C14H22BrN3. The van der Waals surface area contributed by atoms with Gasteiger partial charge in [0.1, 0.15) is 0 Å². The molecule has 0 aliphatic carbocycles. The largest absolute Gasteiger partial charge is 0.385 e. The number of hydrogen-bond donors (Lipinski definition) is 2. The molecule has 1 aliphatic heterocycles. The maximum Gasteiger partial charge on any atom is 0.0343 e. The summed E-state index contributed by atoms with van der Waals surface area (Å²) in [6, 6.07) is 7.03. The van der Waals surface area contributed by atoms with Crippen LogP contribution in [0, 0.1) is 6.92 Å². The van der Waals surface area contributed by atoms with Gasteiger partial charge in [0.05, 0.1) is 0 Å². The van der Waals surface area contributed by atoms with E-state index in [1.165, 1.54) is 22.1 Å². The lowest BCUT2D eigenvalue weighted by Gasteiger charge is -2.31. The number of rotatable bonds is 4. The summed E-state index contributed by atoms with van der Waals surface area (Å²) in [5, 5.41) is 7.06. The molecule has 1 fully saturated rings. The zero-order valence-corrected chi connectivity index (χ0v) is 12.8. The lowest BCUT2D eigenvalue weighted by molar-refractivity contribution is 0.234. The molecule has 1 aliphatic rings. The van der Waals surface area contributed by atoms with E-state index < -0.39 is 0 Å². The molecule has 0 saturated carbocycles. The van der Waals surface area contributed by atoms with Gasteiger partial charge in [-0.3, -0.25) is 0 Å². The van der Waals surface area contributed by atoms with Crippen LogP contribution in [0.5, 0.6) is 0 Å². The Labute approximate surface area is 118 Å². The van der Waals surface area contributed by atoms with Crippen molar-refractivity contribution in [3.63, 3.8) is 0 Å². The van der Waals surface area contributed by atoms with E-state index in [-0.39, 0.29) is 0 Å². The average Bonchev–Trinajstić information content (AvgIpc) is 2.34. The first-order valence-electron chi connectivity index (χ1n) is 6.57. The fourth-order valence-electron chi connectivity index (χ4n) is 2.33. The van der Waals surface area contributed by atoms with Crippen LogP contribution in [0.15, 0.2) is 22.7 Å². The highest BCUT2D eigenvalue weighted by molar-refractivity contribution is 9.10. The van der Waals surface area contributed by atoms with Crippen molar-refractivity contribution in [1.29, 1.82) is 0 Å². The van der Waals surface area contributed by atoms with E-state index in [0.29, 0.717) is 6.04 Å². The van der Waals surface area contributed by atoms with Crippen molar-refractivity contribution in [2.75, 3.05) is 38.5 Å². The number of hydrogen-bond acceptors (Lipinski definition) is 3. The van der Waals surface area contributed by atoms with E-state index in [1.807, 2.05) is 0 Å². The number of nitrogens with one attached hydrogen (secondary N) is 2. The molecule has 100 valence electrons. The Morgan fingerprint density at radius 1 is 1.50 bits per heavy atom. The third-order valence-electron chi connectivity index (χ3n) is 3.44. The summed E-state index contributed by atoms with van der Waals surface area (Å²) in [4.78, 5) is 2.39. The fraction of sp³-hybridized carbons (Fsp3) is 0.571. The highest BCUT2D eigenvalue weighted by Crippen LogP contribution is 2.19. The number of anilines is 1. The minimum Gasteiger partial charge on any atom is -0.385 e. The molecule has 1 atom stereocenters. The summed E-state index contributed by atoms with van der Waals surface area (Å²) in [6.07, 6.45) is 1.17. The van der Waals surface area contributed by atoms with Crippen LogP contribution in [0.1, 0.15) is 12.0 Å². The predicted molar refractivity (Wildman–Crippen MR) is 81.3 cm³/mol. The van der Waals surface area contributed by atoms with Gasteiger partial charge in [-0.15, -0.1) is 0 Å². The van der Waals surface area contributed by atoms with Crippen molar-refractivity contribution in [2.45, 2.75) is 19.4 Å². The normalized spacial score (nSPS) is 20.9. The Kier molecular flexibility index (Phi) is 5.03. The molecule has 1 aromatic carbocycles. The van der Waals surface area contributed by atoms with E-state index in [0.717, 1.165) is 26.2 Å². The molecule has 2 N–H and O–H groups in total. The van der Waals surface area contributed by atoms with Gasteiger partial charge < -0.3 is 15.5 Å². The lowest BCUT2D eigenvalue weighted by Crippen LogP contribution is -2.49. The second-order valence-corrected chi connectivity index (χ2v) is 5.95. The van der Waals surface area contributed by atoms with Gasteiger partial charge in [0, 0.05) is 42.4 Å². The van der Waals surface area contributed by atoms with Gasteiger partial charge in [0.25, 0.3) is 0 Å². The van der Waals surface area contributed by atoms with Crippen molar-refractivity contribution in [3.8, 4) is 0 Å². The van der Waals surface area contributed by atoms with E-state index in [9.17, 15) is 0 Å². The fourth-order valence-corrected chi connectivity index (χ4v) is 2.58. The molecule has 0 spiro atoms. The SMILES string of the molecule is Cc1cc(NCCC2CN(C)CCN2)ccc1Br. The summed E-state index contributed by atoms with van der Waals surface area (Å²) >= 11 is 3.52. The van der Waals surface area contributed by atoms with Crippen molar-refractivity contribution < 1.29 is 0 Å². The predicted octanol–water partition coefficient (Wildman–Crippen LogP) is 2.46. The maximum atomic E-state index is 3.57. The van der Waals surface area contributed by atoms with Crippen molar-refractivity contribution >= 4 is 21.6 Å². The molecule has 2 rings (SSSR count). The third kappa shape index (κ3) is 3.97. The highest BCUT2D eigenvalue weighted by Gasteiger charge is 2.15. The van der Waals surface area contributed by atoms with Gasteiger partial charge in [-0.25, -0.2) is 0 Å². The van der Waals surface area contributed by atoms with Crippen LogP contribution < -0.4 is 10.6 Å². The van der Waals surface area contributed by atoms with Crippen LogP contribution in [-0.4, -0.2) is 44.2 Å². The second-order valence-electron chi connectivity index (χ2n) is 5.09. The van der Waals surface area contributed by atoms with Crippen molar-refractivity contribution in [3.05, 3.63) is 28.2 Å². The van der Waals surface area contributed by atoms with Crippen LogP contribution in [0.3, 0.4) is 0 Å². The van der Waals surface area contributed by atoms with E-state index in [4.69, 9.17) is 0 Å². The number of likely N-dealkylation sites (N-methyl/N-ethyl adjacent to an activating group) is 1. The summed E-state index contributed by atoms with van der Waals surface area (Å²) in [5.74, 6) is 0. The summed E-state index contributed by atoms with van der Waals surface area (Å²) < 4.78 is 1.17. The van der Waals surface area contributed by atoms with Crippen LogP contribution in [0.25, 0.3) is 0 Å². The van der Waals surface area contributed by atoms with Crippen LogP contribution in [0.4, 0.5) is 5.69 Å². The zero-order valence-electron chi connectivity index (χ0n) is 11.2. The molecule has 4 heteroatoms. The van der Waals surface area contributed by atoms with Gasteiger partial charge in [0.15, 0.2) is 0 Å². The van der Waals surface area contributed by atoms with Gasteiger partial charge in [-0.05, 0) is 44.2 Å². The minimum atomic E-state index is 0.618. The lowest BCUT2D eigenvalue weighted by atomic mass is 10.1. The number of piperazine rings is 1. The van der Waals surface area contributed by atoms with E-state index >= 15 is 0 Å². The monoisotopic (exact) mass is 311 g/mol. The van der Waals surface area contributed by atoms with Gasteiger partial charge >= 0.3 is 0 Å². The second kappa shape index (κ2) is 6.55. The van der Waals surface area contributed by atoms with Crippen LogP contribution in [-0.2, 0) is 0 Å². The first-order valence-corrected chi connectivity index (χ1v) is 7.36. The quantitative estimate of drug-likeness (QED) is 0.894. The molecule has 0 aromatic heterocycles. The topological polar surface area (TPSA) is 27.3 Å². The van der Waals surface area contributed by atoms with Crippen LogP contribution in [0.2, 0.25) is 0 Å². The molecule has 1 heterocycles. The van der Waals surface area contributed by atoms with Gasteiger partial charge in [-0.2, -0.15) is 0 Å². The van der Waals surface area contributed by atoms with Gasteiger partial charge in [-0.1, -0.05) is 15.9 Å². The Morgan fingerprint density at radius 2 is 2.33 bits per heavy atom. The molecule has 1 aromatic rings. The number of halogens is 1. The maximum absolute atomic E-state index is 3.57. The molecule has 0 radical (unpaired) electrons. The number of nitrogens with zero attached hydrogens (tertiary/aromatic N) is 1. The first-order chi connectivity index (χ1) is 8.65. The molecule has 1 saturated heterocycles. The Morgan fingerprint density at radius 3 is 3.06 bits per heavy atom. The Bertz CT molecular complexity index is 395. The van der Waals surface area contributed by atoms with E-state index in [2.05, 4.69) is 63.6 Å². The van der Waals surface area contributed by atoms with Crippen molar-refractivity contribution in [1.82, 2.24) is 10.2 Å². The molecular weight excluding hydrogens is 290 g/mol. The summed E-state index contributed by atoms with van der Waals surface area (Å²) in [7, 11) is 2.19. The number of benzene rings is 1. The summed E-state index contributed by atoms with van der Waals surface area (Å²) in [5.41, 5.74) is 2.48. The van der Waals surface area contributed by atoms with Crippen molar-refractivity contribution in [2.24, 2.45) is 0 Å².